The van der Waals surface area contributed by atoms with E-state index in [1.54, 1.807) is 4.90 Å². The highest BCUT2D eigenvalue weighted by Gasteiger charge is 2.35. The Labute approximate surface area is 146 Å². The topological polar surface area (TPSA) is 61.4 Å². The summed E-state index contributed by atoms with van der Waals surface area (Å²) in [5.41, 5.74) is 6.62. The van der Waals surface area contributed by atoms with Gasteiger partial charge in [-0.3, -0.25) is 20.4 Å². The number of hydrogen-bond acceptors (Lipinski definition) is 3. The summed E-state index contributed by atoms with van der Waals surface area (Å²) in [6.07, 6.45) is 0.156. The van der Waals surface area contributed by atoms with Gasteiger partial charge in [-0.2, -0.15) is 0 Å². The quantitative estimate of drug-likeness (QED) is 0.787. The number of nitrogens with one attached hydrogen (secondary N) is 2. The van der Waals surface area contributed by atoms with Gasteiger partial charge in [-0.25, -0.2) is 4.39 Å². The van der Waals surface area contributed by atoms with Crippen LogP contribution in [0.3, 0.4) is 0 Å². The molecule has 1 aliphatic heterocycles. The Balaban J connectivity index is 1.60. The highest BCUT2D eigenvalue weighted by atomic mass is 79.9. The molecular weight excluding hydrogens is 377 g/mol. The van der Waals surface area contributed by atoms with Gasteiger partial charge in [-0.05, 0) is 42.5 Å². The SMILES string of the molecule is O=C(NNc1ccc(F)cc1)[C@H]1CC(=O)N(c2cccc(Br)c2)C1. The van der Waals surface area contributed by atoms with E-state index < -0.39 is 5.92 Å². The molecule has 1 saturated heterocycles. The van der Waals surface area contributed by atoms with Crippen molar-refractivity contribution in [2.45, 2.75) is 6.42 Å². The van der Waals surface area contributed by atoms with Crippen molar-refractivity contribution < 1.29 is 14.0 Å². The van der Waals surface area contributed by atoms with Crippen LogP contribution in [0.5, 0.6) is 0 Å². The normalized spacial score (nSPS) is 17.0. The van der Waals surface area contributed by atoms with Crippen LogP contribution in [-0.2, 0) is 9.59 Å². The first-order chi connectivity index (χ1) is 11.5. The van der Waals surface area contributed by atoms with Gasteiger partial charge in [0, 0.05) is 23.1 Å². The van der Waals surface area contributed by atoms with Crippen LogP contribution in [-0.4, -0.2) is 18.4 Å². The maximum absolute atomic E-state index is 12.8. The number of carbonyl (C=O) groups excluding carboxylic acids is 2. The fraction of sp³-hybridized carbons (Fsp3) is 0.176. The van der Waals surface area contributed by atoms with Gasteiger partial charge < -0.3 is 4.90 Å². The van der Waals surface area contributed by atoms with E-state index in [1.165, 1.54) is 24.3 Å². The third-order valence-corrected chi connectivity index (χ3v) is 4.28. The standard InChI is InChI=1S/C17H15BrFN3O2/c18-12-2-1-3-15(9-12)22-10-11(8-16(22)23)17(24)21-20-14-6-4-13(19)5-7-14/h1-7,9,11,20H,8,10H2,(H,21,24)/t11-/m0/s1. The molecule has 0 aromatic heterocycles. The maximum atomic E-state index is 12.8. The fourth-order valence-corrected chi connectivity index (χ4v) is 2.93. The minimum absolute atomic E-state index is 0.0879. The summed E-state index contributed by atoms with van der Waals surface area (Å²) in [5, 5.41) is 0. The summed E-state index contributed by atoms with van der Waals surface area (Å²) in [7, 11) is 0. The minimum atomic E-state index is -0.440. The second-order valence-corrected chi connectivity index (χ2v) is 6.42. The van der Waals surface area contributed by atoms with E-state index in [1.807, 2.05) is 24.3 Å². The molecule has 2 amide bonds. The second kappa shape index (κ2) is 7.00. The first-order valence-electron chi connectivity index (χ1n) is 7.40. The number of nitrogens with zero attached hydrogens (tertiary/aromatic N) is 1. The summed E-state index contributed by atoms with van der Waals surface area (Å²) in [5.74, 6) is -1.15. The van der Waals surface area contributed by atoms with Crippen molar-refractivity contribution in [2.24, 2.45) is 5.92 Å². The lowest BCUT2D eigenvalue weighted by molar-refractivity contribution is -0.125. The summed E-state index contributed by atoms with van der Waals surface area (Å²) in [4.78, 5) is 26.0. The van der Waals surface area contributed by atoms with Crippen LogP contribution < -0.4 is 15.8 Å². The van der Waals surface area contributed by atoms with Crippen LogP contribution in [0, 0.1) is 11.7 Å². The molecule has 0 unspecified atom stereocenters. The third-order valence-electron chi connectivity index (χ3n) is 3.79. The van der Waals surface area contributed by atoms with E-state index in [9.17, 15) is 14.0 Å². The zero-order valence-electron chi connectivity index (χ0n) is 12.6. The Morgan fingerprint density at radius 1 is 1.21 bits per heavy atom. The Kier molecular flexibility index (Phi) is 4.80. The molecule has 1 atom stereocenters. The zero-order chi connectivity index (χ0) is 17.1. The molecule has 2 N–H and O–H groups in total. The van der Waals surface area contributed by atoms with Gasteiger partial charge in [-0.15, -0.1) is 0 Å². The van der Waals surface area contributed by atoms with Crippen molar-refractivity contribution in [1.29, 1.82) is 0 Å². The molecule has 7 heteroatoms. The largest absolute Gasteiger partial charge is 0.312 e. The third kappa shape index (κ3) is 3.73. The summed E-state index contributed by atoms with van der Waals surface area (Å²) >= 11 is 3.38. The van der Waals surface area contributed by atoms with E-state index in [0.717, 1.165) is 10.2 Å². The molecule has 2 aromatic rings. The van der Waals surface area contributed by atoms with Crippen LogP contribution in [0.1, 0.15) is 6.42 Å². The average Bonchev–Trinajstić information content (AvgIpc) is 2.96. The number of hydrogen-bond donors (Lipinski definition) is 2. The number of rotatable bonds is 4. The Morgan fingerprint density at radius 3 is 2.67 bits per heavy atom. The highest BCUT2D eigenvalue weighted by molar-refractivity contribution is 9.10. The van der Waals surface area contributed by atoms with Gasteiger partial charge in [0.25, 0.3) is 0 Å². The molecular formula is C17H15BrFN3O2. The predicted octanol–water partition coefficient (Wildman–Crippen LogP) is 3.08. The van der Waals surface area contributed by atoms with Crippen LogP contribution in [0.4, 0.5) is 15.8 Å². The molecule has 0 bridgehead atoms. The van der Waals surface area contributed by atoms with Crippen molar-refractivity contribution in [3.63, 3.8) is 0 Å². The molecule has 0 spiro atoms. The van der Waals surface area contributed by atoms with Crippen LogP contribution in [0.25, 0.3) is 0 Å². The molecule has 5 nitrogen and oxygen atoms in total. The van der Waals surface area contributed by atoms with Crippen molar-refractivity contribution in [3.05, 3.63) is 58.8 Å². The molecule has 0 radical (unpaired) electrons. The first-order valence-corrected chi connectivity index (χ1v) is 8.19. The monoisotopic (exact) mass is 391 g/mol. The molecule has 1 heterocycles. The maximum Gasteiger partial charge on any atom is 0.243 e. The van der Waals surface area contributed by atoms with Gasteiger partial charge in [0.2, 0.25) is 11.8 Å². The number of hydrazine groups is 1. The summed E-state index contributed by atoms with van der Waals surface area (Å²) in [6, 6.07) is 13.0. The van der Waals surface area contributed by atoms with Gasteiger partial charge in [0.15, 0.2) is 0 Å². The first kappa shape index (κ1) is 16.4. The number of halogens is 2. The summed E-state index contributed by atoms with van der Waals surface area (Å²) in [6.45, 7) is 0.326. The van der Waals surface area contributed by atoms with E-state index in [4.69, 9.17) is 0 Å². The van der Waals surface area contributed by atoms with Gasteiger partial charge in [0.1, 0.15) is 5.82 Å². The summed E-state index contributed by atoms with van der Waals surface area (Å²) < 4.78 is 13.7. The number of anilines is 2. The Morgan fingerprint density at radius 2 is 1.96 bits per heavy atom. The zero-order valence-corrected chi connectivity index (χ0v) is 14.2. The molecule has 2 aromatic carbocycles. The average molecular weight is 392 g/mol. The predicted molar refractivity (Wildman–Crippen MR) is 92.8 cm³/mol. The molecule has 1 aliphatic rings. The lowest BCUT2D eigenvalue weighted by Crippen LogP contribution is -2.36. The van der Waals surface area contributed by atoms with Gasteiger partial charge in [0.05, 0.1) is 11.6 Å². The van der Waals surface area contributed by atoms with Gasteiger partial charge in [-0.1, -0.05) is 22.0 Å². The van der Waals surface area contributed by atoms with Crippen LogP contribution >= 0.6 is 15.9 Å². The number of carbonyl (C=O) groups is 2. The molecule has 24 heavy (non-hydrogen) atoms. The van der Waals surface area contributed by atoms with Crippen LogP contribution in [0.2, 0.25) is 0 Å². The molecule has 0 aliphatic carbocycles. The van der Waals surface area contributed by atoms with Gasteiger partial charge >= 0.3 is 0 Å². The van der Waals surface area contributed by atoms with E-state index in [0.29, 0.717) is 12.2 Å². The van der Waals surface area contributed by atoms with Crippen molar-refractivity contribution in [3.8, 4) is 0 Å². The van der Waals surface area contributed by atoms with Crippen molar-refractivity contribution in [1.82, 2.24) is 5.43 Å². The van der Waals surface area contributed by atoms with E-state index in [-0.39, 0.29) is 24.1 Å². The molecule has 3 rings (SSSR count). The van der Waals surface area contributed by atoms with Crippen LogP contribution in [0.15, 0.2) is 53.0 Å². The fourth-order valence-electron chi connectivity index (χ4n) is 2.55. The number of amides is 2. The second-order valence-electron chi connectivity index (χ2n) is 5.51. The number of benzene rings is 2. The minimum Gasteiger partial charge on any atom is -0.312 e. The van der Waals surface area contributed by atoms with Crippen molar-refractivity contribution in [2.75, 3.05) is 16.9 Å². The highest BCUT2D eigenvalue weighted by Crippen LogP contribution is 2.27. The Hall–Kier alpha value is -2.41. The Bertz CT molecular complexity index is 767. The van der Waals surface area contributed by atoms with E-state index in [2.05, 4.69) is 26.8 Å². The molecule has 124 valence electrons. The lowest BCUT2D eigenvalue weighted by Gasteiger charge is -2.17. The molecule has 1 fully saturated rings. The lowest BCUT2D eigenvalue weighted by atomic mass is 10.1. The van der Waals surface area contributed by atoms with Crippen molar-refractivity contribution >= 4 is 39.1 Å². The smallest absolute Gasteiger partial charge is 0.243 e. The molecule has 0 saturated carbocycles. The van der Waals surface area contributed by atoms with E-state index >= 15 is 0 Å².